The molecule has 14 heavy (non-hydrogen) atoms. The van der Waals surface area contributed by atoms with Crippen LogP contribution in [0.25, 0.3) is 0 Å². The summed E-state index contributed by atoms with van der Waals surface area (Å²) >= 11 is 0. The Morgan fingerprint density at radius 3 is 3.14 bits per heavy atom. The molecule has 2 aliphatic rings. The molecule has 2 rings (SSSR count). The third-order valence-corrected chi connectivity index (χ3v) is 3.56. The Bertz CT molecular complexity index is 280. The summed E-state index contributed by atoms with van der Waals surface area (Å²) in [6.07, 6.45) is 7.38. The van der Waals surface area contributed by atoms with Crippen LogP contribution in [0, 0.1) is 5.41 Å². The fourth-order valence-corrected chi connectivity index (χ4v) is 2.78. The summed E-state index contributed by atoms with van der Waals surface area (Å²) in [5.41, 5.74) is 1.52. The lowest BCUT2D eigenvalue weighted by atomic mass is 9.69. The molecule has 0 radical (unpaired) electrons. The van der Waals surface area contributed by atoms with Crippen LogP contribution >= 0.6 is 0 Å². The Labute approximate surface area is 85.3 Å². The van der Waals surface area contributed by atoms with E-state index in [0.29, 0.717) is 6.42 Å². The van der Waals surface area contributed by atoms with E-state index < -0.39 is 0 Å². The zero-order chi connectivity index (χ0) is 10.2. The average molecular weight is 194 g/mol. The highest BCUT2D eigenvalue weighted by molar-refractivity contribution is 5.73. The Balaban J connectivity index is 2.24. The van der Waals surface area contributed by atoms with Crippen molar-refractivity contribution in [1.82, 2.24) is 0 Å². The van der Waals surface area contributed by atoms with E-state index in [-0.39, 0.29) is 17.5 Å². The number of rotatable bonds is 2. The van der Waals surface area contributed by atoms with Gasteiger partial charge in [-0.3, -0.25) is 4.79 Å². The van der Waals surface area contributed by atoms with Crippen molar-refractivity contribution in [2.75, 3.05) is 0 Å². The number of fused-ring (bicyclic) bond motifs is 1. The Kier molecular flexibility index (Phi) is 2.38. The van der Waals surface area contributed by atoms with Crippen LogP contribution in [0.15, 0.2) is 11.6 Å². The fourth-order valence-electron chi connectivity index (χ4n) is 2.78. The first kappa shape index (κ1) is 9.75. The number of esters is 1. The largest absolute Gasteiger partial charge is 0.457 e. The SMILES string of the molecule is CCC[C@@]12CCC(C)=C[C@@H]1OC(=O)C2. The van der Waals surface area contributed by atoms with Crippen LogP contribution in [0.3, 0.4) is 0 Å². The molecule has 2 heteroatoms. The minimum atomic E-state index is -0.00519. The zero-order valence-corrected chi connectivity index (χ0v) is 9.01. The van der Waals surface area contributed by atoms with Crippen molar-refractivity contribution in [2.24, 2.45) is 5.41 Å². The second-order valence-corrected chi connectivity index (χ2v) is 4.71. The van der Waals surface area contributed by atoms with Gasteiger partial charge in [0.1, 0.15) is 6.10 Å². The van der Waals surface area contributed by atoms with Crippen LogP contribution in [0.4, 0.5) is 0 Å². The quantitative estimate of drug-likeness (QED) is 0.499. The van der Waals surface area contributed by atoms with Crippen LogP contribution in [0.5, 0.6) is 0 Å². The number of hydrogen-bond donors (Lipinski definition) is 0. The molecule has 0 amide bonds. The summed E-state index contributed by atoms with van der Waals surface area (Å²) < 4.78 is 5.38. The molecule has 0 N–H and O–H groups in total. The molecular formula is C12H18O2. The van der Waals surface area contributed by atoms with Gasteiger partial charge in [0.05, 0.1) is 6.42 Å². The van der Waals surface area contributed by atoms with Gasteiger partial charge < -0.3 is 4.74 Å². The van der Waals surface area contributed by atoms with Crippen molar-refractivity contribution in [1.29, 1.82) is 0 Å². The second-order valence-electron chi connectivity index (χ2n) is 4.71. The first-order valence-electron chi connectivity index (χ1n) is 5.53. The van der Waals surface area contributed by atoms with Gasteiger partial charge in [0, 0.05) is 5.41 Å². The summed E-state index contributed by atoms with van der Waals surface area (Å²) in [6.45, 7) is 4.31. The van der Waals surface area contributed by atoms with E-state index in [1.54, 1.807) is 0 Å². The van der Waals surface area contributed by atoms with Gasteiger partial charge in [-0.2, -0.15) is 0 Å². The van der Waals surface area contributed by atoms with E-state index >= 15 is 0 Å². The van der Waals surface area contributed by atoms with Crippen molar-refractivity contribution in [2.45, 2.75) is 52.1 Å². The number of carbonyl (C=O) groups is 1. The van der Waals surface area contributed by atoms with Gasteiger partial charge in [-0.15, -0.1) is 0 Å². The van der Waals surface area contributed by atoms with E-state index in [9.17, 15) is 4.79 Å². The highest BCUT2D eigenvalue weighted by Crippen LogP contribution is 2.48. The van der Waals surface area contributed by atoms with Crippen LogP contribution in [-0.2, 0) is 9.53 Å². The summed E-state index contributed by atoms with van der Waals surface area (Å²) in [6, 6.07) is 0. The zero-order valence-electron chi connectivity index (χ0n) is 9.01. The normalized spacial score (nSPS) is 36.3. The number of hydrogen-bond acceptors (Lipinski definition) is 2. The van der Waals surface area contributed by atoms with Gasteiger partial charge in [-0.1, -0.05) is 18.9 Å². The molecule has 1 fully saturated rings. The molecule has 1 heterocycles. The molecule has 2 nitrogen and oxygen atoms in total. The van der Waals surface area contributed by atoms with Gasteiger partial charge in [-0.05, 0) is 32.3 Å². The summed E-state index contributed by atoms with van der Waals surface area (Å²) in [4.78, 5) is 11.3. The lowest BCUT2D eigenvalue weighted by Crippen LogP contribution is -2.32. The second kappa shape index (κ2) is 3.41. The van der Waals surface area contributed by atoms with Crippen molar-refractivity contribution in [3.8, 4) is 0 Å². The third-order valence-electron chi connectivity index (χ3n) is 3.56. The summed E-state index contributed by atoms with van der Waals surface area (Å²) in [5, 5.41) is 0. The Morgan fingerprint density at radius 1 is 1.64 bits per heavy atom. The van der Waals surface area contributed by atoms with Gasteiger partial charge in [0.15, 0.2) is 0 Å². The molecular weight excluding hydrogens is 176 g/mol. The minimum absolute atomic E-state index is 0.00519. The summed E-state index contributed by atoms with van der Waals surface area (Å²) in [7, 11) is 0. The molecule has 0 aromatic heterocycles. The maximum atomic E-state index is 11.3. The van der Waals surface area contributed by atoms with E-state index in [4.69, 9.17) is 4.74 Å². The fraction of sp³-hybridized carbons (Fsp3) is 0.750. The Morgan fingerprint density at radius 2 is 2.43 bits per heavy atom. The lowest BCUT2D eigenvalue weighted by molar-refractivity contribution is -0.140. The molecule has 0 unspecified atom stereocenters. The van der Waals surface area contributed by atoms with Gasteiger partial charge >= 0.3 is 5.97 Å². The van der Waals surface area contributed by atoms with Gasteiger partial charge in [0.2, 0.25) is 0 Å². The van der Waals surface area contributed by atoms with E-state index in [1.165, 1.54) is 5.57 Å². The third kappa shape index (κ3) is 1.47. The molecule has 0 saturated carbocycles. The monoisotopic (exact) mass is 194 g/mol. The predicted octanol–water partition coefficient (Wildman–Crippen LogP) is 2.83. The maximum Gasteiger partial charge on any atom is 0.307 e. The standard InChI is InChI=1S/C12H18O2/c1-3-5-12-6-4-9(2)7-10(12)14-11(13)8-12/h7,10H,3-6,8H2,1-2H3/t10-,12-/m0/s1. The Hall–Kier alpha value is -0.790. The molecule has 1 aliphatic carbocycles. The molecule has 1 saturated heterocycles. The molecule has 0 aromatic carbocycles. The first-order valence-corrected chi connectivity index (χ1v) is 5.53. The van der Waals surface area contributed by atoms with Gasteiger partial charge in [0.25, 0.3) is 0 Å². The molecule has 78 valence electrons. The van der Waals surface area contributed by atoms with Crippen molar-refractivity contribution < 1.29 is 9.53 Å². The van der Waals surface area contributed by atoms with Crippen LogP contribution < -0.4 is 0 Å². The molecule has 0 bridgehead atoms. The number of ether oxygens (including phenoxy) is 1. The smallest absolute Gasteiger partial charge is 0.307 e. The van der Waals surface area contributed by atoms with E-state index in [0.717, 1.165) is 25.7 Å². The highest BCUT2D eigenvalue weighted by atomic mass is 16.6. The first-order chi connectivity index (χ1) is 6.66. The average Bonchev–Trinajstić information content (AvgIpc) is 2.42. The van der Waals surface area contributed by atoms with E-state index in [1.807, 2.05) is 0 Å². The highest BCUT2D eigenvalue weighted by Gasteiger charge is 2.48. The minimum Gasteiger partial charge on any atom is -0.457 e. The van der Waals surface area contributed by atoms with E-state index in [2.05, 4.69) is 19.9 Å². The number of carbonyl (C=O) groups excluding carboxylic acids is 1. The number of allylic oxidation sites excluding steroid dienone is 1. The lowest BCUT2D eigenvalue weighted by Gasteiger charge is -2.34. The summed E-state index contributed by atoms with van der Waals surface area (Å²) in [5.74, 6) is -0.00519. The molecule has 0 aromatic rings. The predicted molar refractivity (Wildman–Crippen MR) is 54.8 cm³/mol. The molecule has 0 spiro atoms. The van der Waals surface area contributed by atoms with Crippen molar-refractivity contribution >= 4 is 5.97 Å². The maximum absolute atomic E-state index is 11.3. The topological polar surface area (TPSA) is 26.3 Å². The van der Waals surface area contributed by atoms with Crippen molar-refractivity contribution in [3.63, 3.8) is 0 Å². The molecule has 2 atom stereocenters. The van der Waals surface area contributed by atoms with Crippen LogP contribution in [-0.4, -0.2) is 12.1 Å². The van der Waals surface area contributed by atoms with Crippen LogP contribution in [0.1, 0.15) is 46.0 Å². The molecule has 1 aliphatic heterocycles. The van der Waals surface area contributed by atoms with Crippen molar-refractivity contribution in [3.05, 3.63) is 11.6 Å². The van der Waals surface area contributed by atoms with Crippen LogP contribution in [0.2, 0.25) is 0 Å². The van der Waals surface area contributed by atoms with Gasteiger partial charge in [-0.25, -0.2) is 0 Å².